The van der Waals surface area contributed by atoms with Crippen LogP contribution in [0.4, 0.5) is 0 Å². The van der Waals surface area contributed by atoms with Gasteiger partial charge in [0.25, 0.3) is 0 Å². The Morgan fingerprint density at radius 1 is 1.39 bits per heavy atom. The first-order valence-corrected chi connectivity index (χ1v) is 6.79. The number of hydrogen-bond donors (Lipinski definition) is 0. The SMILES string of the molecule is CC1CCCc2nnc(Cc3cccc(Cl)c3)n21. The van der Waals surface area contributed by atoms with Crippen molar-refractivity contribution < 1.29 is 0 Å². The standard InChI is InChI=1S/C14H16ClN3/c1-10-4-2-7-13-16-17-14(18(10)13)9-11-5-3-6-12(15)8-11/h3,5-6,8,10H,2,4,7,9H2,1H3. The van der Waals surface area contributed by atoms with Gasteiger partial charge in [-0.05, 0) is 37.5 Å². The van der Waals surface area contributed by atoms with Gasteiger partial charge in [-0.3, -0.25) is 0 Å². The summed E-state index contributed by atoms with van der Waals surface area (Å²) in [5.41, 5.74) is 1.19. The van der Waals surface area contributed by atoms with Crippen LogP contribution in [0.25, 0.3) is 0 Å². The van der Waals surface area contributed by atoms with E-state index in [9.17, 15) is 0 Å². The lowest BCUT2D eigenvalue weighted by Crippen LogP contribution is -2.17. The Balaban J connectivity index is 1.92. The summed E-state index contributed by atoms with van der Waals surface area (Å²) in [7, 11) is 0. The van der Waals surface area contributed by atoms with Gasteiger partial charge in [-0.2, -0.15) is 0 Å². The minimum absolute atomic E-state index is 0.512. The normalized spacial score (nSPS) is 18.7. The number of aromatic nitrogens is 3. The fraction of sp³-hybridized carbons (Fsp3) is 0.429. The Morgan fingerprint density at radius 3 is 3.11 bits per heavy atom. The number of benzene rings is 1. The molecule has 18 heavy (non-hydrogen) atoms. The molecule has 0 saturated carbocycles. The first-order valence-electron chi connectivity index (χ1n) is 6.41. The number of nitrogens with zero attached hydrogens (tertiary/aromatic N) is 3. The Hall–Kier alpha value is -1.35. The van der Waals surface area contributed by atoms with Gasteiger partial charge in [-0.1, -0.05) is 23.7 Å². The van der Waals surface area contributed by atoms with Crippen molar-refractivity contribution in [1.29, 1.82) is 0 Å². The van der Waals surface area contributed by atoms with E-state index in [1.165, 1.54) is 18.4 Å². The Bertz CT molecular complexity index is 562. The van der Waals surface area contributed by atoms with Crippen molar-refractivity contribution in [3.63, 3.8) is 0 Å². The van der Waals surface area contributed by atoms with Crippen LogP contribution in [0.5, 0.6) is 0 Å². The second-order valence-electron chi connectivity index (χ2n) is 4.95. The van der Waals surface area contributed by atoms with Gasteiger partial charge in [0.2, 0.25) is 0 Å². The highest BCUT2D eigenvalue weighted by Crippen LogP contribution is 2.25. The third-order valence-corrected chi connectivity index (χ3v) is 3.79. The highest BCUT2D eigenvalue weighted by molar-refractivity contribution is 6.30. The molecular weight excluding hydrogens is 246 g/mol. The van der Waals surface area contributed by atoms with Gasteiger partial charge in [0.1, 0.15) is 11.6 Å². The lowest BCUT2D eigenvalue weighted by atomic mass is 10.1. The Morgan fingerprint density at radius 2 is 2.28 bits per heavy atom. The third-order valence-electron chi connectivity index (χ3n) is 3.55. The molecule has 2 heterocycles. The fourth-order valence-corrected chi connectivity index (χ4v) is 2.89. The molecule has 1 unspecified atom stereocenters. The molecule has 1 atom stereocenters. The van der Waals surface area contributed by atoms with Crippen LogP contribution in [0.15, 0.2) is 24.3 Å². The Labute approximate surface area is 112 Å². The molecule has 0 N–H and O–H groups in total. The van der Waals surface area contributed by atoms with E-state index in [4.69, 9.17) is 11.6 Å². The predicted octanol–water partition coefficient (Wildman–Crippen LogP) is 3.42. The molecule has 3 nitrogen and oxygen atoms in total. The van der Waals surface area contributed by atoms with Crippen LogP contribution in [0.3, 0.4) is 0 Å². The van der Waals surface area contributed by atoms with Crippen LogP contribution < -0.4 is 0 Å². The van der Waals surface area contributed by atoms with Crippen LogP contribution in [-0.4, -0.2) is 14.8 Å². The first-order chi connectivity index (χ1) is 8.74. The van der Waals surface area contributed by atoms with Gasteiger partial charge in [0.05, 0.1) is 0 Å². The number of halogens is 1. The van der Waals surface area contributed by atoms with E-state index in [0.29, 0.717) is 6.04 Å². The maximum atomic E-state index is 6.01. The molecule has 0 saturated heterocycles. The summed E-state index contributed by atoms with van der Waals surface area (Å²) in [6.45, 7) is 2.24. The second-order valence-corrected chi connectivity index (χ2v) is 5.39. The van der Waals surface area contributed by atoms with E-state index < -0.39 is 0 Å². The molecule has 3 rings (SSSR count). The topological polar surface area (TPSA) is 30.7 Å². The van der Waals surface area contributed by atoms with Gasteiger partial charge >= 0.3 is 0 Å². The molecule has 0 spiro atoms. The molecule has 2 aromatic rings. The van der Waals surface area contributed by atoms with E-state index in [2.05, 4.69) is 27.8 Å². The molecule has 0 aliphatic carbocycles. The summed E-state index contributed by atoms with van der Waals surface area (Å²) >= 11 is 6.01. The Kier molecular flexibility index (Phi) is 3.08. The van der Waals surface area contributed by atoms with Gasteiger partial charge in [-0.25, -0.2) is 0 Å². The van der Waals surface area contributed by atoms with Crippen LogP contribution >= 0.6 is 11.6 Å². The number of hydrogen-bond acceptors (Lipinski definition) is 2. The van der Waals surface area contributed by atoms with Gasteiger partial charge < -0.3 is 4.57 Å². The molecular formula is C14H16ClN3. The number of aryl methyl sites for hydroxylation is 1. The minimum atomic E-state index is 0.512. The second kappa shape index (κ2) is 4.73. The molecule has 4 heteroatoms. The van der Waals surface area contributed by atoms with Crippen LogP contribution in [0.2, 0.25) is 5.02 Å². The lowest BCUT2D eigenvalue weighted by Gasteiger charge is -2.22. The van der Waals surface area contributed by atoms with Crippen molar-refractivity contribution in [2.75, 3.05) is 0 Å². The van der Waals surface area contributed by atoms with Gasteiger partial charge in [-0.15, -0.1) is 10.2 Å². The highest BCUT2D eigenvalue weighted by Gasteiger charge is 2.21. The zero-order chi connectivity index (χ0) is 12.5. The summed E-state index contributed by atoms with van der Waals surface area (Å²) in [6, 6.07) is 8.47. The molecule has 0 amide bonds. The lowest BCUT2D eigenvalue weighted by molar-refractivity contribution is 0.416. The smallest absolute Gasteiger partial charge is 0.137 e. The van der Waals surface area contributed by atoms with E-state index >= 15 is 0 Å². The van der Waals surface area contributed by atoms with Crippen LogP contribution in [0.1, 0.15) is 43.0 Å². The zero-order valence-electron chi connectivity index (χ0n) is 10.4. The van der Waals surface area contributed by atoms with E-state index in [0.717, 1.165) is 29.5 Å². The maximum absolute atomic E-state index is 6.01. The van der Waals surface area contributed by atoms with Crippen LogP contribution in [0, 0.1) is 0 Å². The largest absolute Gasteiger partial charge is 0.312 e. The van der Waals surface area contributed by atoms with Crippen molar-refractivity contribution in [3.8, 4) is 0 Å². The van der Waals surface area contributed by atoms with Crippen LogP contribution in [-0.2, 0) is 12.8 Å². The minimum Gasteiger partial charge on any atom is -0.312 e. The van der Waals surface area contributed by atoms with Crippen molar-refractivity contribution >= 4 is 11.6 Å². The molecule has 94 valence electrons. The van der Waals surface area contributed by atoms with Crippen molar-refractivity contribution in [1.82, 2.24) is 14.8 Å². The van der Waals surface area contributed by atoms with E-state index in [1.807, 2.05) is 18.2 Å². The molecule has 0 bridgehead atoms. The third kappa shape index (κ3) is 2.15. The van der Waals surface area contributed by atoms with Crippen molar-refractivity contribution in [2.45, 2.75) is 38.6 Å². The van der Waals surface area contributed by atoms with Gasteiger partial charge in [0, 0.05) is 23.9 Å². The quantitative estimate of drug-likeness (QED) is 0.829. The monoisotopic (exact) mass is 261 g/mol. The summed E-state index contributed by atoms with van der Waals surface area (Å²) in [6.07, 6.45) is 4.29. The summed E-state index contributed by atoms with van der Waals surface area (Å²) in [4.78, 5) is 0. The first kappa shape index (κ1) is 11.7. The molecule has 1 aliphatic rings. The average Bonchev–Trinajstić information content (AvgIpc) is 2.74. The average molecular weight is 262 g/mol. The van der Waals surface area contributed by atoms with Crippen molar-refractivity contribution in [3.05, 3.63) is 46.5 Å². The van der Waals surface area contributed by atoms with E-state index in [-0.39, 0.29) is 0 Å². The predicted molar refractivity (Wildman–Crippen MR) is 71.9 cm³/mol. The van der Waals surface area contributed by atoms with Gasteiger partial charge in [0.15, 0.2) is 0 Å². The summed E-state index contributed by atoms with van der Waals surface area (Å²) in [5.74, 6) is 2.19. The molecule has 1 aliphatic heterocycles. The maximum Gasteiger partial charge on any atom is 0.137 e. The molecule has 0 fully saturated rings. The zero-order valence-corrected chi connectivity index (χ0v) is 11.2. The molecule has 1 aromatic heterocycles. The van der Waals surface area contributed by atoms with E-state index in [1.54, 1.807) is 0 Å². The number of rotatable bonds is 2. The fourth-order valence-electron chi connectivity index (χ4n) is 2.67. The molecule has 1 aromatic carbocycles. The highest BCUT2D eigenvalue weighted by atomic mass is 35.5. The van der Waals surface area contributed by atoms with Crippen molar-refractivity contribution in [2.24, 2.45) is 0 Å². The molecule has 0 radical (unpaired) electrons. The summed E-state index contributed by atoms with van der Waals surface area (Å²) < 4.78 is 2.30. The summed E-state index contributed by atoms with van der Waals surface area (Å²) in [5, 5.41) is 9.43. The number of fused-ring (bicyclic) bond motifs is 1.